The fraction of sp³-hybridized carbons (Fsp3) is 0.140. The maximum absolute atomic E-state index is 6.96. The molecule has 0 saturated heterocycles. The number of hydrogen-bond donors (Lipinski definition) is 0. The highest BCUT2D eigenvalue weighted by molar-refractivity contribution is 7.89. The smallest absolute Gasteiger partial charge is 0.115 e. The van der Waals surface area contributed by atoms with E-state index >= 15 is 0 Å². The minimum Gasteiger partial charge on any atom is -0.115 e. The van der Waals surface area contributed by atoms with Gasteiger partial charge in [-0.2, -0.15) is 0 Å². The zero-order valence-corrected chi connectivity index (χ0v) is 75.7. The molecule has 8 rings (SSSR count). The van der Waals surface area contributed by atoms with E-state index < -0.39 is 0 Å². The van der Waals surface area contributed by atoms with Crippen molar-refractivity contribution >= 4 is 282 Å². The van der Waals surface area contributed by atoms with Crippen LogP contribution in [0.1, 0.15) is 121 Å². The van der Waals surface area contributed by atoms with Gasteiger partial charge in [-0.15, -0.1) is 54.4 Å². The molecule has 8 aromatic rings. The first-order valence-corrected chi connectivity index (χ1v) is 41.4. The van der Waals surface area contributed by atoms with Crippen molar-refractivity contribution < 1.29 is 0 Å². The molecule has 27 heteroatoms. The zero-order valence-electron chi connectivity index (χ0n) is 75.7. The number of benzene rings is 8. The van der Waals surface area contributed by atoms with Gasteiger partial charge in [0.25, 0.3) is 0 Å². The lowest BCUT2D eigenvalue weighted by Gasteiger charge is -2.40. The van der Waals surface area contributed by atoms with Crippen LogP contribution in [-0.4, -0.2) is 195 Å². The van der Waals surface area contributed by atoms with Crippen LogP contribution < -0.4 is 32.8 Å². The van der Waals surface area contributed by atoms with Crippen LogP contribution in [0.25, 0.3) is 76.1 Å². The summed E-state index contributed by atoms with van der Waals surface area (Å²) in [7, 11) is 39.6. The number of fused-ring (bicyclic) bond motifs is 6. The SMILES string of the molecule is BBB(B)B(B(B)B)c1c(B(B(B)B)B(B)B)c(B(BB)B(B)B)c(C)c2c(-c3c4c(C)c(C)c(C)c(C)c4c(-c4c(C#CC#CC#CC#CC#C)c5c(C)c(C#C)c(C#CC)c(C#CC#C)c5c5c(C#CC#CC)c(C#CC#CC#C)c(C#CC#CC#CC)c(C#CC#CC#CC#C)c45)c4c(C)c(C)c(C)c(C)c34)c(B(B)B)c(BB)c(B)c12. The van der Waals surface area contributed by atoms with Crippen molar-refractivity contribution in [3.63, 3.8) is 0 Å². The molecular weight excluding hydrogens is 1410 g/mol. The molecule has 0 heterocycles. The lowest BCUT2D eigenvalue weighted by atomic mass is 8.66. The van der Waals surface area contributed by atoms with Crippen LogP contribution in [0.15, 0.2) is 0 Å². The van der Waals surface area contributed by atoms with Crippen molar-refractivity contribution in [2.45, 2.75) is 90.0 Å². The fourth-order valence-electron chi connectivity index (χ4n) is 18.9. The Labute approximate surface area is 739 Å². The van der Waals surface area contributed by atoms with Gasteiger partial charge in [0.2, 0.25) is 0 Å². The summed E-state index contributed by atoms with van der Waals surface area (Å²) in [5.74, 6) is 112. The van der Waals surface area contributed by atoms with E-state index in [0.717, 1.165) is 81.8 Å². The number of aryl methyl sites for hydroxylation is 6. The predicted octanol–water partition coefficient (Wildman–Crippen LogP) is -9.13. The molecule has 0 amide bonds. The largest absolute Gasteiger partial charge is 0.139 e. The second-order valence-corrected chi connectivity index (χ2v) is 32.3. The minimum atomic E-state index is 0.0342. The molecule has 0 spiro atoms. The Hall–Kier alpha value is -12.4. The van der Waals surface area contributed by atoms with Crippen molar-refractivity contribution in [3.8, 4) is 273 Å². The van der Waals surface area contributed by atoms with Crippen molar-refractivity contribution in [1.82, 2.24) is 0 Å². The Morgan fingerprint density at radius 3 is 1.02 bits per heavy atom. The minimum absolute atomic E-state index is 0.0342. The maximum Gasteiger partial charge on any atom is 0.139 e. The summed E-state index contributed by atoms with van der Waals surface area (Å²) in [6.45, 7) is 28.8. The van der Waals surface area contributed by atoms with E-state index in [1.165, 1.54) is 65.9 Å². The molecule has 530 valence electrons. The van der Waals surface area contributed by atoms with Gasteiger partial charge in [-0.1, -0.05) is 81.2 Å². The van der Waals surface area contributed by atoms with E-state index in [4.69, 9.17) is 32.1 Å². The third-order valence-electron chi connectivity index (χ3n) is 24.4. The Morgan fingerprint density at radius 1 is 0.267 bits per heavy atom. The van der Waals surface area contributed by atoms with Crippen LogP contribution in [0.5, 0.6) is 0 Å². The van der Waals surface area contributed by atoms with Gasteiger partial charge >= 0.3 is 0 Å². The lowest BCUT2D eigenvalue weighted by Crippen LogP contribution is -2.77. The van der Waals surface area contributed by atoms with Crippen molar-refractivity contribution in [2.24, 2.45) is 0 Å². The summed E-state index contributed by atoms with van der Waals surface area (Å²) < 4.78 is 0. The maximum atomic E-state index is 6.96. The zero-order chi connectivity index (χ0) is 88.4. The summed E-state index contributed by atoms with van der Waals surface area (Å²) in [5.41, 5.74) is 26.8. The molecule has 0 unspecified atom stereocenters. The Balaban J connectivity index is 2.16. The second-order valence-electron chi connectivity index (χ2n) is 32.3. The quantitative estimate of drug-likeness (QED) is 0.0441. The molecule has 0 aliphatic carbocycles. The van der Waals surface area contributed by atoms with Crippen molar-refractivity contribution in [2.75, 3.05) is 0 Å². The molecule has 0 atom stereocenters. The number of rotatable bonds is 14. The van der Waals surface area contributed by atoms with Crippen LogP contribution in [0.4, 0.5) is 0 Å². The van der Waals surface area contributed by atoms with Crippen LogP contribution in [-0.2, 0) is 0 Å². The van der Waals surface area contributed by atoms with Gasteiger partial charge < -0.3 is 0 Å². The van der Waals surface area contributed by atoms with E-state index in [9.17, 15) is 0 Å². The van der Waals surface area contributed by atoms with Gasteiger partial charge in [0, 0.05) is 77.2 Å². The van der Waals surface area contributed by atoms with Gasteiger partial charge in [0.15, 0.2) is 0 Å². The Bertz CT molecular complexity index is 7160. The van der Waals surface area contributed by atoms with E-state index in [1.54, 1.807) is 26.2 Å². The van der Waals surface area contributed by atoms with Crippen LogP contribution in [0, 0.1) is 320 Å². The van der Waals surface area contributed by atoms with Crippen LogP contribution >= 0.6 is 0 Å². The molecule has 0 saturated carbocycles. The van der Waals surface area contributed by atoms with Gasteiger partial charge in [-0.25, -0.2) is 0 Å². The van der Waals surface area contributed by atoms with Gasteiger partial charge in [-0.3, -0.25) is 0 Å². The molecule has 0 radical (unpaired) electrons. The van der Waals surface area contributed by atoms with Gasteiger partial charge in [0.1, 0.15) is 21.5 Å². The molecule has 8 aromatic carbocycles. The number of hydrogen-bond acceptors (Lipinski definition) is 0. The van der Waals surface area contributed by atoms with E-state index in [2.05, 4.69) is 398 Å². The van der Waals surface area contributed by atoms with E-state index in [1.807, 2.05) is 6.92 Å². The highest BCUT2D eigenvalue weighted by Gasteiger charge is 2.43. The van der Waals surface area contributed by atoms with Crippen LogP contribution in [0.2, 0.25) is 0 Å². The average molecular weight is 1490 g/mol. The summed E-state index contributed by atoms with van der Waals surface area (Å²) in [6, 6.07) is 0. The molecule has 0 bridgehead atoms. The first-order valence-electron chi connectivity index (χ1n) is 41.4. The van der Waals surface area contributed by atoms with Crippen LogP contribution in [0.3, 0.4) is 0 Å². The normalized spacial score (nSPS) is 9.10. The molecule has 120 heavy (non-hydrogen) atoms. The topological polar surface area (TPSA) is 0 Å². The molecule has 0 aliphatic rings. The van der Waals surface area contributed by atoms with Crippen molar-refractivity contribution in [1.29, 1.82) is 0 Å². The molecule has 0 fully saturated rings. The summed E-state index contributed by atoms with van der Waals surface area (Å²) >= 11 is 0. The van der Waals surface area contributed by atoms with E-state index in [0.29, 0.717) is 109 Å². The molecular formula is C93H77B27. The Kier molecular flexibility index (Phi) is 32.4. The van der Waals surface area contributed by atoms with Gasteiger partial charge in [-0.05, 0) is 343 Å². The predicted molar refractivity (Wildman–Crippen MR) is 590 cm³/mol. The highest BCUT2D eigenvalue weighted by Crippen LogP contribution is 2.56. The second kappa shape index (κ2) is 41.8. The van der Waals surface area contributed by atoms with Crippen molar-refractivity contribution in [3.05, 3.63) is 100 Å². The summed E-state index contributed by atoms with van der Waals surface area (Å²) in [6.07, 6.45) is 32.0. The summed E-state index contributed by atoms with van der Waals surface area (Å²) in [5, 5.41) is 9.10. The molecule has 0 N–H and O–H groups in total. The average Bonchev–Trinajstić information content (AvgIpc) is 0.673. The molecule has 0 aromatic heterocycles. The number of terminal acetylenes is 5. The highest BCUT2D eigenvalue weighted by atomic mass is 14.4. The fourth-order valence-corrected chi connectivity index (χ4v) is 18.9. The molecule has 0 nitrogen and oxygen atoms in total. The summed E-state index contributed by atoms with van der Waals surface area (Å²) in [4.78, 5) is 0. The third-order valence-corrected chi connectivity index (χ3v) is 24.4. The first-order chi connectivity index (χ1) is 57.5. The van der Waals surface area contributed by atoms with Gasteiger partial charge in [0.05, 0.1) is 168 Å². The Morgan fingerprint density at radius 2 is 0.625 bits per heavy atom. The lowest BCUT2D eigenvalue weighted by molar-refractivity contribution is 1.24. The monoisotopic (exact) mass is 1490 g/mol. The first kappa shape index (κ1) is 93.1. The third kappa shape index (κ3) is 17.8. The van der Waals surface area contributed by atoms with E-state index in [-0.39, 0.29) is 26.0 Å². The standard InChI is InChI=1S/C93H77B27/c1-19-27-33-37-39-40-43-48-55-73-74-64(17)66(26-8)67(49-25-7)70(50-32-24-6)80(74)81-71(53-44-31-23-5)68(51-45-36-30-22-4)69(52-46-41-35-29-21-3)72(54-47-42-38-34-28-20-2)82(81)83(73)84-75-60(13)56(9)58(11)62(15)77(75)85(78-63(16)59(12)57(10)61(14)76(78)84)86-79-65(18)90(113(110-96)116(100)101)93(114(117(102)103)118(104)105)92(115(119(106)107)120(108)111-97)87(79)88(94)89(109-95)91(86)112(98)99/h1-2,4,6,8,109-111H,94-108H2,3,5,7,9-18H3. The molecule has 0 aliphatic heterocycles.